The zero-order valence-electron chi connectivity index (χ0n) is 15.9. The van der Waals surface area contributed by atoms with E-state index in [1.54, 1.807) is 30.3 Å². The van der Waals surface area contributed by atoms with Gasteiger partial charge in [-0.15, -0.1) is 0 Å². The number of carboxylic acid groups (broad SMARTS) is 1. The molecule has 0 bridgehead atoms. The standard InChI is InChI=1S/C22H23NO6/c24-20(25)18-13-7-8-14-23(18)22(27)29-19(17-11-5-2-6-12-17)21(26)28-15-16-9-3-1-4-10-16/h1-6,9-12,18-19H,7-8,13-15H2,(H,24,25)/t18-,19?/m0/s1. The van der Waals surface area contributed by atoms with E-state index in [-0.39, 0.29) is 13.2 Å². The minimum Gasteiger partial charge on any atom is -0.480 e. The quantitative estimate of drug-likeness (QED) is 0.750. The Morgan fingerprint density at radius 3 is 2.31 bits per heavy atom. The largest absolute Gasteiger partial charge is 0.480 e. The third-order valence-corrected chi connectivity index (χ3v) is 4.78. The fraction of sp³-hybridized carbons (Fsp3) is 0.318. The van der Waals surface area contributed by atoms with Crippen LogP contribution in [0.15, 0.2) is 60.7 Å². The molecule has 0 saturated carbocycles. The summed E-state index contributed by atoms with van der Waals surface area (Å²) in [6.45, 7) is 0.318. The van der Waals surface area contributed by atoms with Crippen LogP contribution in [0.3, 0.4) is 0 Å². The van der Waals surface area contributed by atoms with Gasteiger partial charge in [0.05, 0.1) is 0 Å². The van der Waals surface area contributed by atoms with Crippen LogP contribution in [0.5, 0.6) is 0 Å². The predicted molar refractivity (Wildman–Crippen MR) is 104 cm³/mol. The van der Waals surface area contributed by atoms with E-state index < -0.39 is 30.2 Å². The van der Waals surface area contributed by atoms with Crippen molar-refractivity contribution in [3.8, 4) is 0 Å². The SMILES string of the molecule is O=C(OCc1ccccc1)C(OC(=O)N1CCCC[C@H]1C(=O)O)c1ccccc1. The fourth-order valence-electron chi connectivity index (χ4n) is 3.26. The molecule has 0 aromatic heterocycles. The average Bonchev–Trinajstić information content (AvgIpc) is 2.77. The van der Waals surface area contributed by atoms with Crippen LogP contribution in [0, 0.1) is 0 Å². The molecule has 1 unspecified atom stereocenters. The number of esters is 1. The number of likely N-dealkylation sites (tertiary alicyclic amines) is 1. The lowest BCUT2D eigenvalue weighted by Crippen LogP contribution is -2.48. The molecule has 1 amide bonds. The summed E-state index contributed by atoms with van der Waals surface area (Å²) in [7, 11) is 0. The van der Waals surface area contributed by atoms with Gasteiger partial charge in [-0.2, -0.15) is 0 Å². The number of carbonyl (C=O) groups excluding carboxylic acids is 2. The number of amides is 1. The molecule has 1 N–H and O–H groups in total. The lowest BCUT2D eigenvalue weighted by Gasteiger charge is -2.33. The topological polar surface area (TPSA) is 93.1 Å². The highest BCUT2D eigenvalue weighted by atomic mass is 16.6. The zero-order chi connectivity index (χ0) is 20.6. The highest BCUT2D eigenvalue weighted by molar-refractivity contribution is 5.83. The Hall–Kier alpha value is -3.35. The number of ether oxygens (including phenoxy) is 2. The normalized spacial score (nSPS) is 17.2. The van der Waals surface area contributed by atoms with E-state index in [9.17, 15) is 19.5 Å². The van der Waals surface area contributed by atoms with Gasteiger partial charge in [-0.3, -0.25) is 4.90 Å². The van der Waals surface area contributed by atoms with Crippen LogP contribution in [0.2, 0.25) is 0 Å². The summed E-state index contributed by atoms with van der Waals surface area (Å²) in [4.78, 5) is 38.1. The number of piperidine rings is 1. The zero-order valence-corrected chi connectivity index (χ0v) is 15.9. The van der Waals surface area contributed by atoms with Gasteiger partial charge in [0.1, 0.15) is 12.6 Å². The number of aliphatic carboxylic acids is 1. The van der Waals surface area contributed by atoms with Crippen molar-refractivity contribution in [2.24, 2.45) is 0 Å². The molecule has 29 heavy (non-hydrogen) atoms. The highest BCUT2D eigenvalue weighted by Gasteiger charge is 2.36. The van der Waals surface area contributed by atoms with Crippen molar-refractivity contribution < 1.29 is 29.0 Å². The van der Waals surface area contributed by atoms with Gasteiger partial charge in [0.2, 0.25) is 6.10 Å². The Kier molecular flexibility index (Phi) is 6.84. The van der Waals surface area contributed by atoms with Crippen LogP contribution in [0.25, 0.3) is 0 Å². The first-order valence-electron chi connectivity index (χ1n) is 9.52. The molecule has 0 radical (unpaired) electrons. The van der Waals surface area contributed by atoms with Gasteiger partial charge in [0.15, 0.2) is 0 Å². The van der Waals surface area contributed by atoms with E-state index in [0.717, 1.165) is 12.0 Å². The number of carbonyl (C=O) groups is 3. The first kappa shape index (κ1) is 20.4. The summed E-state index contributed by atoms with van der Waals surface area (Å²) in [5, 5.41) is 9.39. The molecule has 152 valence electrons. The molecule has 3 rings (SSSR count). The van der Waals surface area contributed by atoms with Crippen molar-refractivity contribution >= 4 is 18.0 Å². The van der Waals surface area contributed by atoms with E-state index in [2.05, 4.69) is 0 Å². The Morgan fingerprint density at radius 2 is 1.66 bits per heavy atom. The monoisotopic (exact) mass is 397 g/mol. The molecule has 1 aliphatic heterocycles. The molecule has 7 heteroatoms. The van der Waals surface area contributed by atoms with Gasteiger partial charge < -0.3 is 14.6 Å². The lowest BCUT2D eigenvalue weighted by atomic mass is 10.0. The summed E-state index contributed by atoms with van der Waals surface area (Å²) >= 11 is 0. The van der Waals surface area contributed by atoms with Crippen LogP contribution in [0.4, 0.5) is 4.79 Å². The molecule has 1 saturated heterocycles. The Labute approximate surface area is 168 Å². The number of carboxylic acids is 1. The molecular formula is C22H23NO6. The fourth-order valence-corrected chi connectivity index (χ4v) is 3.26. The van der Waals surface area contributed by atoms with E-state index in [1.165, 1.54) is 4.90 Å². The number of hydrogen-bond acceptors (Lipinski definition) is 5. The van der Waals surface area contributed by atoms with Crippen molar-refractivity contribution in [1.29, 1.82) is 0 Å². The molecular weight excluding hydrogens is 374 g/mol. The van der Waals surface area contributed by atoms with Crippen molar-refractivity contribution in [2.75, 3.05) is 6.54 Å². The Bertz CT molecular complexity index is 839. The van der Waals surface area contributed by atoms with Gasteiger partial charge in [-0.25, -0.2) is 14.4 Å². The summed E-state index contributed by atoms with van der Waals surface area (Å²) in [6.07, 6.45) is -0.333. The molecule has 1 aliphatic rings. The van der Waals surface area contributed by atoms with Gasteiger partial charge in [0.25, 0.3) is 0 Å². The van der Waals surface area contributed by atoms with Crippen LogP contribution in [0.1, 0.15) is 36.5 Å². The second-order valence-electron chi connectivity index (χ2n) is 6.81. The minimum absolute atomic E-state index is 0.0437. The van der Waals surface area contributed by atoms with E-state index in [1.807, 2.05) is 30.3 Å². The molecule has 0 aliphatic carbocycles. The molecule has 0 spiro atoms. The summed E-state index contributed by atoms with van der Waals surface area (Å²) < 4.78 is 10.8. The van der Waals surface area contributed by atoms with E-state index in [4.69, 9.17) is 9.47 Å². The maximum Gasteiger partial charge on any atom is 0.411 e. The molecule has 7 nitrogen and oxygen atoms in total. The van der Waals surface area contributed by atoms with Crippen molar-refractivity contribution in [3.63, 3.8) is 0 Å². The maximum atomic E-state index is 12.7. The van der Waals surface area contributed by atoms with Crippen molar-refractivity contribution in [1.82, 2.24) is 4.90 Å². The Balaban J connectivity index is 1.74. The summed E-state index contributed by atoms with van der Waals surface area (Å²) in [5.74, 6) is -1.79. The third-order valence-electron chi connectivity index (χ3n) is 4.78. The molecule has 1 heterocycles. The third kappa shape index (κ3) is 5.34. The summed E-state index contributed by atoms with van der Waals surface area (Å²) in [5.41, 5.74) is 1.27. The number of rotatable bonds is 6. The first-order valence-corrected chi connectivity index (χ1v) is 9.52. The van der Waals surface area contributed by atoms with Crippen molar-refractivity contribution in [2.45, 2.75) is 38.0 Å². The van der Waals surface area contributed by atoms with Crippen LogP contribution < -0.4 is 0 Å². The number of hydrogen-bond donors (Lipinski definition) is 1. The van der Waals surface area contributed by atoms with E-state index in [0.29, 0.717) is 18.4 Å². The minimum atomic E-state index is -1.27. The van der Waals surface area contributed by atoms with Crippen LogP contribution in [-0.4, -0.2) is 40.6 Å². The second-order valence-corrected chi connectivity index (χ2v) is 6.81. The second kappa shape index (κ2) is 9.73. The van der Waals surface area contributed by atoms with E-state index >= 15 is 0 Å². The first-order chi connectivity index (χ1) is 14.1. The number of nitrogens with zero attached hydrogens (tertiary/aromatic N) is 1. The van der Waals surface area contributed by atoms with Crippen LogP contribution in [-0.2, 0) is 25.7 Å². The molecule has 2 aromatic carbocycles. The molecule has 2 atom stereocenters. The van der Waals surface area contributed by atoms with Gasteiger partial charge in [-0.05, 0) is 24.8 Å². The lowest BCUT2D eigenvalue weighted by molar-refractivity contribution is -0.156. The van der Waals surface area contributed by atoms with Gasteiger partial charge >= 0.3 is 18.0 Å². The maximum absolute atomic E-state index is 12.7. The molecule has 1 fully saturated rings. The van der Waals surface area contributed by atoms with Crippen molar-refractivity contribution in [3.05, 3.63) is 71.8 Å². The Morgan fingerprint density at radius 1 is 1.00 bits per heavy atom. The smallest absolute Gasteiger partial charge is 0.411 e. The van der Waals surface area contributed by atoms with Crippen LogP contribution >= 0.6 is 0 Å². The number of benzene rings is 2. The summed E-state index contributed by atoms with van der Waals surface area (Å²) in [6, 6.07) is 16.8. The average molecular weight is 397 g/mol. The van der Waals surface area contributed by atoms with Gasteiger partial charge in [0, 0.05) is 12.1 Å². The highest BCUT2D eigenvalue weighted by Crippen LogP contribution is 2.24. The molecule has 2 aromatic rings. The van der Waals surface area contributed by atoms with Gasteiger partial charge in [-0.1, -0.05) is 60.7 Å². The predicted octanol–water partition coefficient (Wildman–Crippen LogP) is 3.55.